The topological polar surface area (TPSA) is 63.4 Å². The van der Waals surface area contributed by atoms with Crippen molar-refractivity contribution in [1.29, 1.82) is 0 Å². The molecule has 0 aliphatic rings. The molecule has 16 heavy (non-hydrogen) atoms. The first-order valence-electron chi connectivity index (χ1n) is 4.62. The number of nitro benzene ring substituents is 1. The van der Waals surface area contributed by atoms with Crippen molar-refractivity contribution in [3.8, 4) is 16.9 Å². The zero-order chi connectivity index (χ0) is 11.5. The van der Waals surface area contributed by atoms with Crippen molar-refractivity contribution in [3.63, 3.8) is 0 Å². The minimum absolute atomic E-state index is 0.0224. The molecule has 4 heteroatoms. The molecular formula is C12H8NO3. The Bertz CT molecular complexity index is 537. The number of phenols is 1. The maximum atomic E-state index is 10.6. The summed E-state index contributed by atoms with van der Waals surface area (Å²) in [6.07, 6.45) is 0. The third-order valence-electron chi connectivity index (χ3n) is 2.15. The van der Waals surface area contributed by atoms with E-state index >= 15 is 0 Å². The van der Waals surface area contributed by atoms with Crippen LogP contribution in [0.3, 0.4) is 0 Å². The number of rotatable bonds is 2. The summed E-state index contributed by atoms with van der Waals surface area (Å²) in [5, 5.41) is 19.9. The summed E-state index contributed by atoms with van der Waals surface area (Å²) in [5.74, 6) is 0.111. The summed E-state index contributed by atoms with van der Waals surface area (Å²) in [4.78, 5) is 10.1. The van der Waals surface area contributed by atoms with Crippen LogP contribution in [0.5, 0.6) is 5.75 Å². The molecule has 0 unspecified atom stereocenters. The highest BCUT2D eigenvalue weighted by molar-refractivity contribution is 5.66. The van der Waals surface area contributed by atoms with Crippen LogP contribution in [0, 0.1) is 16.2 Å². The van der Waals surface area contributed by atoms with Crippen molar-refractivity contribution >= 4 is 5.69 Å². The number of aromatic hydroxyl groups is 1. The molecule has 0 fully saturated rings. The summed E-state index contributed by atoms with van der Waals surface area (Å²) in [6.45, 7) is 0. The first-order valence-corrected chi connectivity index (χ1v) is 4.62. The minimum atomic E-state index is -0.452. The van der Waals surface area contributed by atoms with Gasteiger partial charge in [-0.1, -0.05) is 18.2 Å². The summed E-state index contributed by atoms with van der Waals surface area (Å²) >= 11 is 0. The molecule has 0 heterocycles. The zero-order valence-electron chi connectivity index (χ0n) is 8.25. The first-order chi connectivity index (χ1) is 7.66. The van der Waals surface area contributed by atoms with Crippen LogP contribution in [-0.2, 0) is 0 Å². The van der Waals surface area contributed by atoms with Gasteiger partial charge >= 0.3 is 0 Å². The fourth-order valence-electron chi connectivity index (χ4n) is 1.41. The van der Waals surface area contributed by atoms with E-state index in [-0.39, 0.29) is 11.4 Å². The molecule has 0 spiro atoms. The number of hydrogen-bond donors (Lipinski definition) is 1. The molecule has 0 saturated carbocycles. The predicted molar refractivity (Wildman–Crippen MR) is 59.0 cm³/mol. The van der Waals surface area contributed by atoms with Gasteiger partial charge in [0, 0.05) is 12.1 Å². The molecule has 2 rings (SSSR count). The second-order valence-electron chi connectivity index (χ2n) is 3.27. The van der Waals surface area contributed by atoms with Crippen LogP contribution < -0.4 is 0 Å². The lowest BCUT2D eigenvalue weighted by atomic mass is 10.1. The monoisotopic (exact) mass is 214 g/mol. The highest BCUT2D eigenvalue weighted by Crippen LogP contribution is 2.25. The minimum Gasteiger partial charge on any atom is -0.508 e. The summed E-state index contributed by atoms with van der Waals surface area (Å²) in [5.41, 5.74) is 1.31. The van der Waals surface area contributed by atoms with E-state index in [1.54, 1.807) is 18.2 Å². The van der Waals surface area contributed by atoms with E-state index < -0.39 is 4.92 Å². The molecule has 0 aromatic heterocycles. The van der Waals surface area contributed by atoms with Crippen molar-refractivity contribution in [1.82, 2.24) is 0 Å². The predicted octanol–water partition coefficient (Wildman–Crippen LogP) is 2.77. The number of hydrogen-bond acceptors (Lipinski definition) is 3. The average molecular weight is 214 g/mol. The van der Waals surface area contributed by atoms with Gasteiger partial charge in [-0.25, -0.2) is 0 Å². The van der Waals surface area contributed by atoms with Crippen molar-refractivity contribution in [3.05, 3.63) is 58.6 Å². The summed E-state index contributed by atoms with van der Waals surface area (Å²) in [7, 11) is 0. The molecule has 2 aromatic carbocycles. The summed E-state index contributed by atoms with van der Waals surface area (Å²) in [6, 6.07) is 13.7. The van der Waals surface area contributed by atoms with Crippen molar-refractivity contribution in [2.45, 2.75) is 0 Å². The summed E-state index contributed by atoms with van der Waals surface area (Å²) < 4.78 is 0. The molecule has 1 radical (unpaired) electrons. The number of benzene rings is 2. The Balaban J connectivity index is 2.48. The lowest BCUT2D eigenvalue weighted by Gasteiger charge is -2.01. The lowest BCUT2D eigenvalue weighted by Crippen LogP contribution is -1.87. The van der Waals surface area contributed by atoms with Crippen LogP contribution in [-0.4, -0.2) is 10.0 Å². The Kier molecular flexibility index (Phi) is 2.55. The maximum absolute atomic E-state index is 10.6. The fraction of sp³-hybridized carbons (Fsp3) is 0. The number of nitrogens with zero attached hydrogens (tertiary/aromatic N) is 1. The smallest absolute Gasteiger partial charge is 0.270 e. The molecule has 0 aliphatic heterocycles. The Morgan fingerprint density at radius 1 is 1.25 bits per heavy atom. The molecule has 4 nitrogen and oxygen atoms in total. The van der Waals surface area contributed by atoms with Gasteiger partial charge in [0.25, 0.3) is 5.69 Å². The largest absolute Gasteiger partial charge is 0.508 e. The average Bonchev–Trinajstić information content (AvgIpc) is 2.29. The van der Waals surface area contributed by atoms with E-state index in [2.05, 4.69) is 6.07 Å². The van der Waals surface area contributed by atoms with Gasteiger partial charge in [-0.05, 0) is 29.3 Å². The number of phenolic OH excluding ortho intramolecular Hbond substituents is 1. The van der Waals surface area contributed by atoms with E-state index in [1.165, 1.54) is 24.3 Å². The van der Waals surface area contributed by atoms with Crippen molar-refractivity contribution in [2.24, 2.45) is 0 Å². The van der Waals surface area contributed by atoms with Crippen LogP contribution in [0.25, 0.3) is 11.1 Å². The van der Waals surface area contributed by atoms with E-state index in [9.17, 15) is 15.2 Å². The standard InChI is InChI=1S/C12H8NO3/c14-12-6-2-4-10(8-12)9-3-1-5-11(7-9)13(15)16/h1-3,5-8,14H. The molecule has 0 atom stereocenters. The van der Waals surface area contributed by atoms with Gasteiger partial charge in [0.05, 0.1) is 4.92 Å². The van der Waals surface area contributed by atoms with Crippen LogP contribution in [0.4, 0.5) is 5.69 Å². The lowest BCUT2D eigenvalue weighted by molar-refractivity contribution is -0.384. The molecule has 0 saturated heterocycles. The van der Waals surface area contributed by atoms with Crippen LogP contribution >= 0.6 is 0 Å². The Hall–Kier alpha value is -2.36. The molecule has 79 valence electrons. The molecular weight excluding hydrogens is 206 g/mol. The highest BCUT2D eigenvalue weighted by atomic mass is 16.6. The second-order valence-corrected chi connectivity index (χ2v) is 3.27. The highest BCUT2D eigenvalue weighted by Gasteiger charge is 2.07. The molecule has 0 aliphatic carbocycles. The zero-order valence-corrected chi connectivity index (χ0v) is 8.25. The van der Waals surface area contributed by atoms with Gasteiger partial charge in [-0.3, -0.25) is 10.1 Å². The first kappa shape index (κ1) is 10.2. The van der Waals surface area contributed by atoms with Gasteiger partial charge in [0.1, 0.15) is 5.75 Å². The molecule has 0 bridgehead atoms. The van der Waals surface area contributed by atoms with Gasteiger partial charge < -0.3 is 5.11 Å². The van der Waals surface area contributed by atoms with Crippen LogP contribution in [0.2, 0.25) is 0 Å². The maximum Gasteiger partial charge on any atom is 0.270 e. The normalized spacial score (nSPS) is 10.0. The van der Waals surface area contributed by atoms with Crippen molar-refractivity contribution in [2.75, 3.05) is 0 Å². The van der Waals surface area contributed by atoms with Gasteiger partial charge in [0.15, 0.2) is 0 Å². The van der Waals surface area contributed by atoms with Gasteiger partial charge in [-0.15, -0.1) is 0 Å². The molecule has 2 aromatic rings. The van der Waals surface area contributed by atoms with Crippen molar-refractivity contribution < 1.29 is 10.0 Å². The van der Waals surface area contributed by atoms with Crippen LogP contribution in [0.15, 0.2) is 42.5 Å². The van der Waals surface area contributed by atoms with Gasteiger partial charge in [-0.2, -0.15) is 0 Å². The fourth-order valence-corrected chi connectivity index (χ4v) is 1.41. The van der Waals surface area contributed by atoms with E-state index in [0.29, 0.717) is 11.1 Å². The Labute approximate surface area is 91.9 Å². The van der Waals surface area contributed by atoms with Gasteiger partial charge in [0.2, 0.25) is 0 Å². The number of nitro groups is 1. The van der Waals surface area contributed by atoms with E-state index in [0.717, 1.165) is 0 Å². The van der Waals surface area contributed by atoms with E-state index in [4.69, 9.17) is 0 Å². The molecule has 1 N–H and O–H groups in total. The number of non-ortho nitro benzene ring substituents is 1. The SMILES string of the molecule is O=[N+]([O-])c1cccc(-c2[c]ccc(O)c2)c1. The quantitative estimate of drug-likeness (QED) is 0.617. The van der Waals surface area contributed by atoms with Crippen LogP contribution in [0.1, 0.15) is 0 Å². The third-order valence-corrected chi connectivity index (χ3v) is 2.15. The van der Waals surface area contributed by atoms with E-state index in [1.807, 2.05) is 0 Å². The Morgan fingerprint density at radius 2 is 2.06 bits per heavy atom. The Morgan fingerprint density at radius 3 is 2.75 bits per heavy atom. The second kappa shape index (κ2) is 4.02. The molecule has 0 amide bonds. The third kappa shape index (κ3) is 2.00.